The van der Waals surface area contributed by atoms with Crippen LogP contribution >= 0.6 is 0 Å². The molecule has 0 spiro atoms. The SMILES string of the molecule is OC[C@H](CCOCc1ccccc1)c1ccc(OCc2ccccc2)cc1. The van der Waals surface area contributed by atoms with Gasteiger partial charge in [0, 0.05) is 12.5 Å². The predicted molar refractivity (Wildman–Crippen MR) is 108 cm³/mol. The molecule has 0 fully saturated rings. The van der Waals surface area contributed by atoms with Crippen molar-refractivity contribution in [1.82, 2.24) is 0 Å². The fraction of sp³-hybridized carbons (Fsp3) is 0.250. The molecule has 3 aromatic rings. The first-order chi connectivity index (χ1) is 13.3. The second-order valence-corrected chi connectivity index (χ2v) is 6.55. The van der Waals surface area contributed by atoms with Gasteiger partial charge in [-0.3, -0.25) is 0 Å². The van der Waals surface area contributed by atoms with Crippen molar-refractivity contribution in [3.8, 4) is 5.75 Å². The Balaban J connectivity index is 1.45. The van der Waals surface area contributed by atoms with E-state index in [1.165, 1.54) is 0 Å². The van der Waals surface area contributed by atoms with Crippen LogP contribution in [0.1, 0.15) is 29.0 Å². The number of hydrogen-bond donors (Lipinski definition) is 1. The standard InChI is InChI=1S/C24H26O3/c25-17-23(15-16-26-18-20-7-3-1-4-8-20)22-11-13-24(14-12-22)27-19-21-9-5-2-6-10-21/h1-14,23,25H,15-19H2/t23-/m0/s1. The molecule has 3 heteroatoms. The van der Waals surface area contributed by atoms with Crippen molar-refractivity contribution in [2.75, 3.05) is 13.2 Å². The normalized spacial score (nSPS) is 11.9. The molecule has 1 N–H and O–H groups in total. The topological polar surface area (TPSA) is 38.7 Å². The Morgan fingerprint density at radius 3 is 1.89 bits per heavy atom. The van der Waals surface area contributed by atoms with Crippen LogP contribution in [-0.2, 0) is 18.0 Å². The third-order valence-corrected chi connectivity index (χ3v) is 4.54. The molecule has 140 valence electrons. The van der Waals surface area contributed by atoms with Crippen molar-refractivity contribution in [2.45, 2.75) is 25.6 Å². The maximum absolute atomic E-state index is 9.73. The molecule has 0 aliphatic rings. The lowest BCUT2D eigenvalue weighted by atomic mass is 9.97. The van der Waals surface area contributed by atoms with E-state index in [1.54, 1.807) is 0 Å². The summed E-state index contributed by atoms with van der Waals surface area (Å²) in [6.45, 7) is 1.88. The maximum atomic E-state index is 9.73. The molecule has 0 amide bonds. The van der Waals surface area contributed by atoms with Crippen molar-refractivity contribution < 1.29 is 14.6 Å². The molecule has 3 aromatic carbocycles. The molecular weight excluding hydrogens is 336 g/mol. The molecule has 1 atom stereocenters. The fourth-order valence-electron chi connectivity index (χ4n) is 2.93. The third kappa shape index (κ3) is 6.24. The molecule has 0 aliphatic heterocycles. The van der Waals surface area contributed by atoms with Gasteiger partial charge >= 0.3 is 0 Å². The number of rotatable bonds is 10. The smallest absolute Gasteiger partial charge is 0.119 e. The molecule has 0 bridgehead atoms. The van der Waals surface area contributed by atoms with Crippen LogP contribution in [0.5, 0.6) is 5.75 Å². The number of benzene rings is 3. The Bertz CT molecular complexity index is 770. The third-order valence-electron chi connectivity index (χ3n) is 4.54. The minimum atomic E-state index is 0.0731. The van der Waals surface area contributed by atoms with E-state index in [2.05, 4.69) is 12.1 Å². The molecule has 0 radical (unpaired) electrons. The second kappa shape index (κ2) is 10.5. The molecule has 0 saturated heterocycles. The molecule has 3 rings (SSSR count). The highest BCUT2D eigenvalue weighted by molar-refractivity contribution is 5.30. The Hall–Kier alpha value is -2.62. The zero-order chi connectivity index (χ0) is 18.7. The van der Waals surface area contributed by atoms with E-state index in [1.807, 2.05) is 72.8 Å². The average molecular weight is 362 g/mol. The van der Waals surface area contributed by atoms with Gasteiger partial charge in [0.25, 0.3) is 0 Å². The van der Waals surface area contributed by atoms with Gasteiger partial charge in [-0.05, 0) is 35.2 Å². The summed E-state index contributed by atoms with van der Waals surface area (Å²) >= 11 is 0. The van der Waals surface area contributed by atoms with E-state index >= 15 is 0 Å². The van der Waals surface area contributed by atoms with E-state index in [9.17, 15) is 5.11 Å². The van der Waals surface area contributed by atoms with Gasteiger partial charge in [0.2, 0.25) is 0 Å². The van der Waals surface area contributed by atoms with Gasteiger partial charge in [0.1, 0.15) is 12.4 Å². The molecule has 0 unspecified atom stereocenters. The minimum absolute atomic E-state index is 0.0731. The molecular formula is C24H26O3. The lowest BCUT2D eigenvalue weighted by Gasteiger charge is -2.15. The summed E-state index contributed by atoms with van der Waals surface area (Å²) < 4.78 is 11.6. The van der Waals surface area contributed by atoms with Gasteiger partial charge in [-0.15, -0.1) is 0 Å². The van der Waals surface area contributed by atoms with Gasteiger partial charge in [-0.1, -0.05) is 72.8 Å². The van der Waals surface area contributed by atoms with Crippen LogP contribution < -0.4 is 4.74 Å². The van der Waals surface area contributed by atoms with Gasteiger partial charge in [-0.2, -0.15) is 0 Å². The van der Waals surface area contributed by atoms with Crippen molar-refractivity contribution in [2.24, 2.45) is 0 Å². The highest BCUT2D eigenvalue weighted by Crippen LogP contribution is 2.23. The molecule has 0 heterocycles. The van der Waals surface area contributed by atoms with E-state index in [4.69, 9.17) is 9.47 Å². The summed E-state index contributed by atoms with van der Waals surface area (Å²) in [5.74, 6) is 0.906. The quantitative estimate of drug-likeness (QED) is 0.519. The van der Waals surface area contributed by atoms with Crippen LogP contribution in [0.15, 0.2) is 84.9 Å². The molecule has 27 heavy (non-hydrogen) atoms. The lowest BCUT2D eigenvalue weighted by molar-refractivity contribution is 0.107. The molecule has 0 saturated carbocycles. The maximum Gasteiger partial charge on any atom is 0.119 e. The number of hydrogen-bond acceptors (Lipinski definition) is 3. The average Bonchev–Trinajstić information content (AvgIpc) is 2.74. The van der Waals surface area contributed by atoms with E-state index in [0.29, 0.717) is 19.8 Å². The number of aliphatic hydroxyl groups excluding tert-OH is 1. The molecule has 3 nitrogen and oxygen atoms in total. The summed E-state index contributed by atoms with van der Waals surface area (Å²) in [6.07, 6.45) is 0.785. The van der Waals surface area contributed by atoms with Crippen molar-refractivity contribution >= 4 is 0 Å². The van der Waals surface area contributed by atoms with Gasteiger partial charge in [-0.25, -0.2) is 0 Å². The van der Waals surface area contributed by atoms with Gasteiger partial charge < -0.3 is 14.6 Å². The van der Waals surface area contributed by atoms with Gasteiger partial charge in [0.15, 0.2) is 0 Å². The second-order valence-electron chi connectivity index (χ2n) is 6.55. The van der Waals surface area contributed by atoms with Crippen molar-refractivity contribution in [3.63, 3.8) is 0 Å². The summed E-state index contributed by atoms with van der Waals surface area (Å²) in [6, 6.07) is 28.2. The summed E-state index contributed by atoms with van der Waals surface area (Å²) in [5.41, 5.74) is 3.41. The Morgan fingerprint density at radius 2 is 1.30 bits per heavy atom. The van der Waals surface area contributed by atoms with Crippen LogP contribution in [0.3, 0.4) is 0 Å². The summed E-state index contributed by atoms with van der Waals surface area (Å²) in [7, 11) is 0. The predicted octanol–water partition coefficient (Wildman–Crippen LogP) is 4.95. The van der Waals surface area contributed by atoms with Crippen LogP contribution in [0.2, 0.25) is 0 Å². The van der Waals surface area contributed by atoms with Gasteiger partial charge in [0.05, 0.1) is 13.2 Å². The summed E-state index contributed by atoms with van der Waals surface area (Å²) in [4.78, 5) is 0. The Labute approximate surface area is 161 Å². The Kier molecular flexibility index (Phi) is 7.45. The van der Waals surface area contributed by atoms with Crippen molar-refractivity contribution in [1.29, 1.82) is 0 Å². The van der Waals surface area contributed by atoms with E-state index < -0.39 is 0 Å². The van der Waals surface area contributed by atoms with Crippen LogP contribution in [0.25, 0.3) is 0 Å². The van der Waals surface area contributed by atoms with E-state index in [-0.39, 0.29) is 12.5 Å². The fourth-order valence-corrected chi connectivity index (χ4v) is 2.93. The summed E-state index contributed by atoms with van der Waals surface area (Å²) in [5, 5.41) is 9.73. The van der Waals surface area contributed by atoms with Crippen LogP contribution in [-0.4, -0.2) is 18.3 Å². The lowest BCUT2D eigenvalue weighted by Crippen LogP contribution is -2.08. The van der Waals surface area contributed by atoms with Crippen LogP contribution in [0, 0.1) is 0 Å². The first-order valence-corrected chi connectivity index (χ1v) is 9.34. The first kappa shape index (κ1) is 19.2. The van der Waals surface area contributed by atoms with Crippen molar-refractivity contribution in [3.05, 3.63) is 102 Å². The molecule has 0 aliphatic carbocycles. The Morgan fingerprint density at radius 1 is 0.704 bits per heavy atom. The zero-order valence-corrected chi connectivity index (χ0v) is 15.5. The minimum Gasteiger partial charge on any atom is -0.489 e. The highest BCUT2D eigenvalue weighted by atomic mass is 16.5. The first-order valence-electron chi connectivity index (χ1n) is 9.34. The van der Waals surface area contributed by atoms with E-state index in [0.717, 1.165) is 28.9 Å². The number of aliphatic hydroxyl groups is 1. The van der Waals surface area contributed by atoms with Crippen LogP contribution in [0.4, 0.5) is 0 Å². The highest BCUT2D eigenvalue weighted by Gasteiger charge is 2.11. The largest absolute Gasteiger partial charge is 0.489 e. The monoisotopic (exact) mass is 362 g/mol. The zero-order valence-electron chi connectivity index (χ0n) is 15.5. The number of ether oxygens (including phenoxy) is 2. The molecule has 0 aromatic heterocycles.